The van der Waals surface area contributed by atoms with Crippen LogP contribution in [0.15, 0.2) is 18.3 Å². The van der Waals surface area contributed by atoms with E-state index in [1.54, 1.807) is 11.8 Å². The Morgan fingerprint density at radius 2 is 2.03 bits per heavy atom. The minimum atomic E-state index is -0.619. The molecular weight excluding hydrogens is 386 g/mol. The van der Waals surface area contributed by atoms with Gasteiger partial charge in [-0.1, -0.05) is 19.4 Å². The summed E-state index contributed by atoms with van der Waals surface area (Å²) in [6, 6.07) is 4.34. The van der Waals surface area contributed by atoms with Gasteiger partial charge in [0.1, 0.15) is 5.78 Å². The summed E-state index contributed by atoms with van der Waals surface area (Å²) in [5.41, 5.74) is 8.76. The maximum atomic E-state index is 13.2. The minimum Gasteiger partial charge on any atom is -0.304 e. The number of Topliss-reactive ketones (excluding diaryl/α,β-unsaturated/α-hetero) is 1. The van der Waals surface area contributed by atoms with Crippen molar-refractivity contribution in [2.24, 2.45) is 0 Å². The molecule has 0 spiro atoms. The van der Waals surface area contributed by atoms with Crippen LogP contribution >= 0.6 is 0 Å². The Balaban J connectivity index is 1.91. The van der Waals surface area contributed by atoms with Crippen molar-refractivity contribution in [3.63, 3.8) is 0 Å². The van der Waals surface area contributed by atoms with Gasteiger partial charge in [-0.15, -0.1) is 0 Å². The number of aromatic amines is 1. The minimum absolute atomic E-state index is 0.00222. The molecule has 31 heavy (non-hydrogen) atoms. The van der Waals surface area contributed by atoms with E-state index in [2.05, 4.69) is 36.2 Å². The number of fused-ring (bicyclic) bond motifs is 2. The predicted octanol–water partition coefficient (Wildman–Crippen LogP) is 5.37. The second-order valence-electron chi connectivity index (χ2n) is 9.58. The fourth-order valence-corrected chi connectivity index (χ4v) is 5.12. The van der Waals surface area contributed by atoms with E-state index in [9.17, 15) is 9.59 Å². The number of nitrogens with one attached hydrogen (secondary N) is 1. The Bertz CT molecular complexity index is 1070. The number of ketones is 1. The lowest BCUT2D eigenvalue weighted by Crippen LogP contribution is -2.38. The molecule has 0 fully saturated rings. The second-order valence-corrected chi connectivity index (χ2v) is 9.58. The first-order chi connectivity index (χ1) is 14.8. The Morgan fingerprint density at radius 1 is 1.26 bits per heavy atom. The highest BCUT2D eigenvalue weighted by atomic mass is 16.2. The normalized spacial score (nSPS) is 17.6. The number of rotatable bonds is 6. The molecule has 0 radical (unpaired) electrons. The van der Waals surface area contributed by atoms with E-state index in [1.165, 1.54) is 27.8 Å². The van der Waals surface area contributed by atoms with Crippen LogP contribution in [-0.2, 0) is 21.4 Å². The van der Waals surface area contributed by atoms with Crippen molar-refractivity contribution in [3.8, 4) is 0 Å². The number of nitrogens with zero attached hydrogens (tertiary/aromatic N) is 2. The smallest absolute Gasteiger partial charge is 0.237 e. The zero-order valence-electron chi connectivity index (χ0n) is 19.4. The van der Waals surface area contributed by atoms with E-state index in [1.807, 2.05) is 20.0 Å². The molecule has 1 N–H and O–H groups in total. The first kappa shape index (κ1) is 21.5. The Morgan fingerprint density at radius 3 is 2.74 bits per heavy atom. The molecule has 1 aromatic carbocycles. The molecule has 0 atom stereocenters. The highest BCUT2D eigenvalue weighted by Crippen LogP contribution is 2.46. The number of unbranched alkanes of at least 4 members (excludes halogenated alkanes) is 1. The topological polar surface area (TPSA) is 66.1 Å². The molecule has 1 amide bonds. The van der Waals surface area contributed by atoms with Crippen LogP contribution in [0, 0.1) is 6.92 Å². The number of anilines is 1. The fourth-order valence-electron chi connectivity index (χ4n) is 5.12. The van der Waals surface area contributed by atoms with E-state index in [4.69, 9.17) is 0 Å². The number of hydrogen-bond acceptors (Lipinski definition) is 3. The van der Waals surface area contributed by atoms with Gasteiger partial charge < -0.3 is 4.90 Å². The number of aryl methyl sites for hydroxylation is 2. The lowest BCUT2D eigenvalue weighted by atomic mass is 9.82. The van der Waals surface area contributed by atoms with Gasteiger partial charge in [0.15, 0.2) is 0 Å². The zero-order chi connectivity index (χ0) is 22.3. The number of carbonyl (C=O) groups is 2. The molecule has 164 valence electrons. The first-order valence-electron chi connectivity index (χ1n) is 11.5. The van der Waals surface area contributed by atoms with E-state index < -0.39 is 5.41 Å². The number of carbonyl (C=O) groups excluding carboxylic acids is 2. The number of benzene rings is 1. The lowest BCUT2D eigenvalue weighted by Gasteiger charge is -2.20. The maximum Gasteiger partial charge on any atom is 0.237 e. The van der Waals surface area contributed by atoms with Crippen molar-refractivity contribution in [2.45, 2.75) is 78.6 Å². The van der Waals surface area contributed by atoms with E-state index in [0.29, 0.717) is 0 Å². The molecule has 0 unspecified atom stereocenters. The summed E-state index contributed by atoms with van der Waals surface area (Å²) < 4.78 is 0. The maximum absolute atomic E-state index is 13.2. The quantitative estimate of drug-likeness (QED) is 0.685. The molecule has 0 saturated heterocycles. The second kappa shape index (κ2) is 8.10. The molecule has 4 rings (SSSR count). The van der Waals surface area contributed by atoms with E-state index >= 15 is 0 Å². The summed E-state index contributed by atoms with van der Waals surface area (Å²) in [5.74, 6) is 0.00231. The summed E-state index contributed by atoms with van der Waals surface area (Å²) in [6.45, 7) is 9.95. The predicted molar refractivity (Wildman–Crippen MR) is 125 cm³/mol. The van der Waals surface area contributed by atoms with Crippen LogP contribution in [0.2, 0.25) is 0 Å². The highest BCUT2D eigenvalue weighted by Gasteiger charge is 2.44. The van der Waals surface area contributed by atoms with Crippen LogP contribution in [-0.4, -0.2) is 28.4 Å². The van der Waals surface area contributed by atoms with Gasteiger partial charge in [0.25, 0.3) is 0 Å². The monoisotopic (exact) mass is 419 g/mol. The van der Waals surface area contributed by atoms with Gasteiger partial charge in [-0.2, -0.15) is 5.10 Å². The van der Waals surface area contributed by atoms with Gasteiger partial charge in [0, 0.05) is 11.9 Å². The molecule has 2 aromatic rings. The van der Waals surface area contributed by atoms with Crippen LogP contribution in [0.5, 0.6) is 0 Å². The Kier molecular flexibility index (Phi) is 5.63. The molecule has 1 aliphatic heterocycles. The highest BCUT2D eigenvalue weighted by molar-refractivity contribution is 6.11. The van der Waals surface area contributed by atoms with Gasteiger partial charge in [-0.3, -0.25) is 14.7 Å². The summed E-state index contributed by atoms with van der Waals surface area (Å²) in [6.07, 6.45) is 8.40. The SMILES string of the molecule is CCCCC1=C(c2cc3c(cc2C)C(C)(C)C(=O)N3CC(C)=O)CCCc2c[nH]nc21. The summed E-state index contributed by atoms with van der Waals surface area (Å²) in [4.78, 5) is 26.8. The van der Waals surface area contributed by atoms with Crippen molar-refractivity contribution in [1.29, 1.82) is 0 Å². The van der Waals surface area contributed by atoms with Gasteiger partial charge >= 0.3 is 0 Å². The molecule has 5 nitrogen and oxygen atoms in total. The van der Waals surface area contributed by atoms with Crippen molar-refractivity contribution in [3.05, 3.63) is 46.3 Å². The third-order valence-corrected chi connectivity index (χ3v) is 6.82. The summed E-state index contributed by atoms with van der Waals surface area (Å²) >= 11 is 0. The third kappa shape index (κ3) is 3.64. The molecule has 0 saturated carbocycles. The van der Waals surface area contributed by atoms with Crippen LogP contribution in [0.4, 0.5) is 5.69 Å². The Hall–Kier alpha value is -2.69. The fraction of sp³-hybridized carbons (Fsp3) is 0.500. The number of amides is 1. The third-order valence-electron chi connectivity index (χ3n) is 6.82. The largest absolute Gasteiger partial charge is 0.304 e. The Labute approximate surface area is 184 Å². The van der Waals surface area contributed by atoms with Crippen LogP contribution < -0.4 is 4.90 Å². The van der Waals surface area contributed by atoms with Gasteiger partial charge in [0.05, 0.1) is 17.7 Å². The molecule has 2 heterocycles. The number of allylic oxidation sites excluding steroid dienone is 2. The van der Waals surface area contributed by atoms with Crippen LogP contribution in [0.1, 0.15) is 87.7 Å². The first-order valence-corrected chi connectivity index (χ1v) is 11.5. The lowest BCUT2D eigenvalue weighted by molar-refractivity contribution is -0.124. The van der Waals surface area contributed by atoms with Gasteiger partial charge in [0.2, 0.25) is 5.91 Å². The number of H-pyrrole nitrogens is 1. The molecular formula is C26H33N3O2. The van der Waals surface area contributed by atoms with Crippen LogP contribution in [0.25, 0.3) is 11.1 Å². The number of hydrogen-bond donors (Lipinski definition) is 1. The molecule has 1 aromatic heterocycles. The van der Waals surface area contributed by atoms with Crippen molar-refractivity contribution >= 4 is 28.5 Å². The average Bonchev–Trinajstić information content (AvgIpc) is 3.18. The van der Waals surface area contributed by atoms with Gasteiger partial charge in [-0.05, 0) is 99.3 Å². The van der Waals surface area contributed by atoms with Crippen molar-refractivity contribution in [2.75, 3.05) is 11.4 Å². The molecule has 2 aliphatic rings. The van der Waals surface area contributed by atoms with Crippen molar-refractivity contribution < 1.29 is 9.59 Å². The molecule has 0 bridgehead atoms. The zero-order valence-corrected chi connectivity index (χ0v) is 19.4. The van der Waals surface area contributed by atoms with E-state index in [-0.39, 0.29) is 18.2 Å². The van der Waals surface area contributed by atoms with Crippen molar-refractivity contribution in [1.82, 2.24) is 10.2 Å². The van der Waals surface area contributed by atoms with E-state index in [0.717, 1.165) is 55.5 Å². The molecule has 1 aliphatic carbocycles. The molecule has 5 heteroatoms. The standard InChI is InChI=1S/C26H33N3O2/c1-6-7-10-20-19(11-8-9-18-14-27-28-24(18)20)21-13-23-22(12-16(21)2)26(4,5)25(31)29(23)15-17(3)30/h12-14H,6-11,15H2,1-5H3,(H,27,28). The van der Waals surface area contributed by atoms with Crippen LogP contribution in [0.3, 0.4) is 0 Å². The summed E-state index contributed by atoms with van der Waals surface area (Å²) in [7, 11) is 0. The van der Waals surface area contributed by atoms with Gasteiger partial charge in [-0.25, -0.2) is 0 Å². The average molecular weight is 420 g/mol. The number of aromatic nitrogens is 2. The summed E-state index contributed by atoms with van der Waals surface area (Å²) in [5, 5.41) is 7.70.